The highest BCUT2D eigenvalue weighted by molar-refractivity contribution is 5.94. The second-order valence-corrected chi connectivity index (χ2v) is 5.79. The minimum absolute atomic E-state index is 0.127. The summed E-state index contributed by atoms with van der Waals surface area (Å²) in [6, 6.07) is 5.06. The van der Waals surface area contributed by atoms with E-state index in [1.54, 1.807) is 13.0 Å². The van der Waals surface area contributed by atoms with E-state index in [1.165, 1.54) is 0 Å². The van der Waals surface area contributed by atoms with Gasteiger partial charge in [-0.15, -0.1) is 0 Å². The number of aryl methyl sites for hydroxylation is 2. The number of amides is 1. The molecule has 6 heteroatoms. The molecule has 0 aliphatic heterocycles. The zero-order valence-corrected chi connectivity index (χ0v) is 14.2. The van der Waals surface area contributed by atoms with Crippen LogP contribution in [0.4, 0.5) is 0 Å². The molecule has 0 radical (unpaired) electrons. The molecule has 0 bridgehead atoms. The zero-order valence-electron chi connectivity index (χ0n) is 14.2. The fraction of sp³-hybridized carbons (Fsp3) is 0.471. The van der Waals surface area contributed by atoms with Crippen LogP contribution in [0.15, 0.2) is 22.7 Å². The molecular formula is C17H23N3O3. The molecule has 0 saturated carbocycles. The largest absolute Gasteiger partial charge is 0.494 e. The van der Waals surface area contributed by atoms with Gasteiger partial charge in [-0.1, -0.05) is 19.0 Å². The third-order valence-corrected chi connectivity index (χ3v) is 3.50. The number of nitrogens with one attached hydrogen (secondary N) is 1. The van der Waals surface area contributed by atoms with Crippen LogP contribution in [-0.2, 0) is 0 Å². The molecular weight excluding hydrogens is 294 g/mol. The summed E-state index contributed by atoms with van der Waals surface area (Å²) in [7, 11) is 0. The highest BCUT2D eigenvalue weighted by Gasteiger charge is 2.24. The van der Waals surface area contributed by atoms with Gasteiger partial charge in [-0.2, -0.15) is 4.98 Å². The van der Waals surface area contributed by atoms with Crippen LogP contribution in [0.3, 0.4) is 0 Å². The lowest BCUT2D eigenvalue weighted by atomic mass is 10.0. The minimum Gasteiger partial charge on any atom is -0.494 e. The maximum atomic E-state index is 12.5. The summed E-state index contributed by atoms with van der Waals surface area (Å²) < 4.78 is 10.7. The van der Waals surface area contributed by atoms with E-state index in [-0.39, 0.29) is 17.9 Å². The maximum Gasteiger partial charge on any atom is 0.251 e. The van der Waals surface area contributed by atoms with E-state index in [2.05, 4.69) is 15.5 Å². The Hall–Kier alpha value is -2.37. The van der Waals surface area contributed by atoms with E-state index in [9.17, 15) is 4.79 Å². The van der Waals surface area contributed by atoms with Crippen molar-refractivity contribution >= 4 is 5.91 Å². The van der Waals surface area contributed by atoms with E-state index in [0.29, 0.717) is 23.9 Å². The first-order valence-corrected chi connectivity index (χ1v) is 7.76. The Labute approximate surface area is 136 Å². The maximum absolute atomic E-state index is 12.5. The molecule has 0 aliphatic carbocycles. The molecule has 1 N–H and O–H groups in total. The summed E-state index contributed by atoms with van der Waals surface area (Å²) in [5, 5.41) is 6.76. The van der Waals surface area contributed by atoms with Crippen molar-refractivity contribution < 1.29 is 14.1 Å². The molecule has 124 valence electrons. The summed E-state index contributed by atoms with van der Waals surface area (Å²) in [5.41, 5.74) is 1.50. The Morgan fingerprint density at radius 2 is 2.09 bits per heavy atom. The number of ether oxygens (including phenoxy) is 1. The molecule has 0 spiro atoms. The van der Waals surface area contributed by atoms with Gasteiger partial charge in [0.1, 0.15) is 11.8 Å². The molecule has 1 amide bonds. The summed E-state index contributed by atoms with van der Waals surface area (Å²) in [4.78, 5) is 16.7. The number of nitrogens with zero attached hydrogens (tertiary/aromatic N) is 2. The Balaban J connectivity index is 2.17. The van der Waals surface area contributed by atoms with Crippen molar-refractivity contribution in [3.8, 4) is 5.75 Å². The average molecular weight is 317 g/mol. The smallest absolute Gasteiger partial charge is 0.251 e. The fourth-order valence-electron chi connectivity index (χ4n) is 2.29. The van der Waals surface area contributed by atoms with E-state index in [4.69, 9.17) is 9.26 Å². The van der Waals surface area contributed by atoms with Crippen LogP contribution in [0.5, 0.6) is 5.75 Å². The number of carbonyl (C=O) groups excluding carboxylic acids is 1. The Morgan fingerprint density at radius 3 is 2.61 bits per heavy atom. The second-order valence-electron chi connectivity index (χ2n) is 5.79. The Kier molecular flexibility index (Phi) is 5.36. The normalized spacial score (nSPS) is 12.3. The van der Waals surface area contributed by atoms with Crippen LogP contribution in [0.2, 0.25) is 0 Å². The van der Waals surface area contributed by atoms with Gasteiger partial charge in [0, 0.05) is 5.56 Å². The van der Waals surface area contributed by atoms with Gasteiger partial charge >= 0.3 is 0 Å². The first-order valence-electron chi connectivity index (χ1n) is 7.76. The zero-order chi connectivity index (χ0) is 17.0. The third kappa shape index (κ3) is 4.09. The molecule has 0 aliphatic rings. The highest BCUT2D eigenvalue weighted by Crippen LogP contribution is 2.22. The lowest BCUT2D eigenvalue weighted by molar-refractivity contribution is 0.0914. The Bertz CT molecular complexity index is 679. The molecule has 1 unspecified atom stereocenters. The molecule has 1 aromatic carbocycles. The fourth-order valence-corrected chi connectivity index (χ4v) is 2.29. The molecule has 6 nitrogen and oxygen atoms in total. The second kappa shape index (κ2) is 7.26. The number of hydrogen-bond acceptors (Lipinski definition) is 5. The van der Waals surface area contributed by atoms with Gasteiger partial charge in [-0.3, -0.25) is 4.79 Å². The lowest BCUT2D eigenvalue weighted by Gasteiger charge is -2.19. The summed E-state index contributed by atoms with van der Waals surface area (Å²) >= 11 is 0. The van der Waals surface area contributed by atoms with Crippen molar-refractivity contribution in [1.29, 1.82) is 0 Å². The van der Waals surface area contributed by atoms with Crippen LogP contribution >= 0.6 is 0 Å². The number of rotatable bonds is 6. The van der Waals surface area contributed by atoms with Crippen molar-refractivity contribution in [2.24, 2.45) is 5.92 Å². The number of aromatic nitrogens is 2. The molecule has 0 saturated heterocycles. The molecule has 23 heavy (non-hydrogen) atoms. The van der Waals surface area contributed by atoms with Gasteiger partial charge in [0.2, 0.25) is 5.89 Å². The first-order chi connectivity index (χ1) is 10.9. The molecule has 1 atom stereocenters. The van der Waals surface area contributed by atoms with Gasteiger partial charge < -0.3 is 14.6 Å². The first kappa shape index (κ1) is 17.0. The lowest BCUT2D eigenvalue weighted by Crippen LogP contribution is -2.32. The minimum atomic E-state index is -0.324. The SMILES string of the molecule is CCOc1ccc(C(=O)NC(c2nc(C)no2)C(C)C)cc1C. The van der Waals surface area contributed by atoms with E-state index < -0.39 is 0 Å². The predicted octanol–water partition coefficient (Wildman–Crippen LogP) is 3.21. The van der Waals surface area contributed by atoms with E-state index >= 15 is 0 Å². The Morgan fingerprint density at radius 1 is 1.35 bits per heavy atom. The quantitative estimate of drug-likeness (QED) is 0.885. The van der Waals surface area contributed by atoms with E-state index in [1.807, 2.05) is 39.8 Å². The van der Waals surface area contributed by atoms with Gasteiger partial charge in [-0.05, 0) is 50.5 Å². The monoisotopic (exact) mass is 317 g/mol. The summed E-state index contributed by atoms with van der Waals surface area (Å²) in [6.45, 7) is 10.2. The van der Waals surface area contributed by atoms with E-state index in [0.717, 1.165) is 11.3 Å². The standard InChI is InChI=1S/C17H23N3O3/c1-6-22-14-8-7-13(9-11(14)4)16(21)19-15(10(2)3)17-18-12(5)20-23-17/h7-10,15H,6H2,1-5H3,(H,19,21). The third-order valence-electron chi connectivity index (χ3n) is 3.50. The van der Waals surface area contributed by atoms with Crippen LogP contribution < -0.4 is 10.1 Å². The van der Waals surface area contributed by atoms with Crippen molar-refractivity contribution in [3.63, 3.8) is 0 Å². The van der Waals surface area contributed by atoms with Crippen molar-refractivity contribution in [3.05, 3.63) is 41.0 Å². The number of benzene rings is 1. The number of carbonyl (C=O) groups is 1. The van der Waals surface area contributed by atoms with Crippen molar-refractivity contribution in [2.45, 2.75) is 40.7 Å². The van der Waals surface area contributed by atoms with Crippen molar-refractivity contribution in [1.82, 2.24) is 15.5 Å². The molecule has 1 aromatic heterocycles. The van der Waals surface area contributed by atoms with Gasteiger partial charge in [0.05, 0.1) is 6.61 Å². The van der Waals surface area contributed by atoms with Crippen molar-refractivity contribution in [2.75, 3.05) is 6.61 Å². The van der Waals surface area contributed by atoms with Crippen LogP contribution in [0.1, 0.15) is 54.4 Å². The van der Waals surface area contributed by atoms with Gasteiger partial charge in [0.15, 0.2) is 5.82 Å². The van der Waals surface area contributed by atoms with Crippen LogP contribution in [0, 0.1) is 19.8 Å². The highest BCUT2D eigenvalue weighted by atomic mass is 16.5. The summed E-state index contributed by atoms with van der Waals surface area (Å²) in [6.07, 6.45) is 0. The molecule has 1 heterocycles. The van der Waals surface area contributed by atoms with Gasteiger partial charge in [0.25, 0.3) is 5.91 Å². The predicted molar refractivity (Wildman–Crippen MR) is 86.4 cm³/mol. The molecule has 2 aromatic rings. The molecule has 2 rings (SSSR count). The number of hydrogen-bond donors (Lipinski definition) is 1. The van der Waals surface area contributed by atoms with Gasteiger partial charge in [-0.25, -0.2) is 0 Å². The summed E-state index contributed by atoms with van der Waals surface area (Å²) in [5.74, 6) is 1.72. The topological polar surface area (TPSA) is 77.2 Å². The van der Waals surface area contributed by atoms with Crippen LogP contribution in [-0.4, -0.2) is 22.7 Å². The van der Waals surface area contributed by atoms with Crippen LogP contribution in [0.25, 0.3) is 0 Å². The average Bonchev–Trinajstić information content (AvgIpc) is 2.92. The molecule has 0 fully saturated rings.